The summed E-state index contributed by atoms with van der Waals surface area (Å²) >= 11 is 0. The Morgan fingerprint density at radius 3 is 2.54 bits per heavy atom. The van der Waals surface area contributed by atoms with Gasteiger partial charge in [-0.3, -0.25) is 34.2 Å². The van der Waals surface area contributed by atoms with Gasteiger partial charge in [-0.25, -0.2) is 0 Å². The molecular weight excluding hydrogens is 731 g/mol. The van der Waals surface area contributed by atoms with E-state index in [2.05, 4.69) is 45.2 Å². The second kappa shape index (κ2) is 17.9. The van der Waals surface area contributed by atoms with E-state index in [1.807, 2.05) is 30.5 Å². The van der Waals surface area contributed by atoms with E-state index >= 15 is 0 Å². The number of nitrogens with zero attached hydrogens (tertiary/aromatic N) is 5. The maximum atomic E-state index is 13.2. The normalized spacial score (nSPS) is 18.2. The minimum Gasteiger partial charge on any atom is -0.493 e. The van der Waals surface area contributed by atoms with E-state index in [1.165, 1.54) is 0 Å². The molecule has 0 radical (unpaired) electrons. The number of benzene rings is 2. The molecule has 3 aliphatic rings. The molecule has 4 N–H and O–H groups in total. The van der Waals surface area contributed by atoms with Gasteiger partial charge >= 0.3 is 6.01 Å². The number of nitrogens with one attached hydrogen (secondary N) is 4. The van der Waals surface area contributed by atoms with Crippen molar-refractivity contribution in [2.24, 2.45) is 0 Å². The molecular formula is C41H49N9O7. The maximum absolute atomic E-state index is 13.2. The Hall–Kier alpha value is -5.90. The van der Waals surface area contributed by atoms with Gasteiger partial charge in [-0.2, -0.15) is 19.6 Å². The molecule has 7 rings (SSSR count). The molecule has 16 heteroatoms. The van der Waals surface area contributed by atoms with Crippen LogP contribution in [0.3, 0.4) is 0 Å². The lowest BCUT2D eigenvalue weighted by Gasteiger charge is -2.27. The summed E-state index contributed by atoms with van der Waals surface area (Å²) in [6.45, 7) is 6.81. The number of hydrogen-bond acceptors (Lipinski definition) is 12. The number of aromatic nitrogens is 4. The third-order valence-corrected chi connectivity index (χ3v) is 10.4. The van der Waals surface area contributed by atoms with Crippen LogP contribution >= 0.6 is 0 Å². The number of anilines is 2. The Morgan fingerprint density at radius 1 is 0.965 bits per heavy atom. The van der Waals surface area contributed by atoms with Crippen LogP contribution in [0.1, 0.15) is 116 Å². The Labute approximate surface area is 330 Å². The van der Waals surface area contributed by atoms with E-state index < -0.39 is 29.7 Å². The number of imide groups is 2. The number of carbonyl (C=O) groups excluding carboxylic acids is 5. The lowest BCUT2D eigenvalue weighted by atomic mass is 10.0. The first-order chi connectivity index (χ1) is 27.7. The zero-order chi connectivity index (χ0) is 39.9. The first-order valence-corrected chi connectivity index (χ1v) is 19.9. The molecule has 2 atom stereocenters. The fourth-order valence-corrected chi connectivity index (χ4v) is 7.33. The summed E-state index contributed by atoms with van der Waals surface area (Å²) in [7, 11) is 0. The van der Waals surface area contributed by atoms with Crippen molar-refractivity contribution < 1.29 is 33.4 Å². The molecule has 2 aromatic heterocycles. The average Bonchev–Trinajstić information content (AvgIpc) is 3.74. The average molecular weight is 780 g/mol. The molecule has 4 aromatic rings. The van der Waals surface area contributed by atoms with Crippen LogP contribution in [0, 0.1) is 0 Å². The molecule has 0 aliphatic carbocycles. The zero-order valence-electron chi connectivity index (χ0n) is 32.3. The van der Waals surface area contributed by atoms with E-state index in [9.17, 15) is 24.0 Å². The van der Waals surface area contributed by atoms with E-state index in [1.54, 1.807) is 22.7 Å². The number of rotatable bonds is 17. The van der Waals surface area contributed by atoms with Gasteiger partial charge in [-0.15, -0.1) is 0 Å². The first-order valence-electron chi connectivity index (χ1n) is 19.9. The second-order valence-electron chi connectivity index (χ2n) is 15.0. The smallest absolute Gasteiger partial charge is 0.322 e. The largest absolute Gasteiger partial charge is 0.493 e. The third kappa shape index (κ3) is 9.22. The topological polar surface area (TPSA) is 198 Å². The molecule has 2 aromatic carbocycles. The SMILES string of the molecule is CC(C)c1cnn2c(NCc3ccc(NC(=O)CCCCCCCOc4cccc5c4C(=O)N(C4CCC(=O)NC4=O)C5=O)cc3)nc(O[C@H]3CCCNC3)nc12. The molecule has 300 valence electrons. The van der Waals surface area contributed by atoms with Crippen LogP contribution < -0.4 is 30.7 Å². The van der Waals surface area contributed by atoms with Gasteiger partial charge in [0.05, 0.1) is 23.9 Å². The molecule has 5 heterocycles. The molecule has 3 aliphatic heterocycles. The minimum absolute atomic E-state index is 0.0185. The van der Waals surface area contributed by atoms with Crippen molar-refractivity contribution in [2.45, 2.75) is 103 Å². The van der Waals surface area contributed by atoms with Crippen LogP contribution in [-0.4, -0.2) is 85.9 Å². The van der Waals surface area contributed by atoms with Gasteiger partial charge < -0.3 is 25.4 Å². The van der Waals surface area contributed by atoms with Crippen LogP contribution in [-0.2, 0) is 20.9 Å². The summed E-state index contributed by atoms with van der Waals surface area (Å²) < 4.78 is 13.8. The van der Waals surface area contributed by atoms with E-state index in [0.29, 0.717) is 37.3 Å². The molecule has 0 spiro atoms. The Bertz CT molecular complexity index is 2130. The molecule has 16 nitrogen and oxygen atoms in total. The summed E-state index contributed by atoms with van der Waals surface area (Å²) in [5.74, 6) is -1.18. The monoisotopic (exact) mass is 779 g/mol. The number of fused-ring (bicyclic) bond motifs is 2. The summed E-state index contributed by atoms with van der Waals surface area (Å²) in [6, 6.07) is 11.8. The van der Waals surface area contributed by atoms with Crippen LogP contribution in [0.4, 0.5) is 11.6 Å². The predicted molar refractivity (Wildman–Crippen MR) is 210 cm³/mol. The van der Waals surface area contributed by atoms with Crippen LogP contribution in [0.2, 0.25) is 0 Å². The number of amides is 5. The van der Waals surface area contributed by atoms with E-state index in [4.69, 9.17) is 14.5 Å². The lowest BCUT2D eigenvalue weighted by molar-refractivity contribution is -0.136. The summed E-state index contributed by atoms with van der Waals surface area (Å²) in [6.07, 6.45) is 8.54. The fourth-order valence-electron chi connectivity index (χ4n) is 7.33. The summed E-state index contributed by atoms with van der Waals surface area (Å²) in [4.78, 5) is 73.2. The number of carbonyl (C=O) groups is 5. The van der Waals surface area contributed by atoms with Gasteiger partial charge in [-0.05, 0) is 74.4 Å². The van der Waals surface area contributed by atoms with Crippen molar-refractivity contribution in [3.05, 3.63) is 70.9 Å². The van der Waals surface area contributed by atoms with Crippen LogP contribution in [0.15, 0.2) is 48.7 Å². The number of ether oxygens (including phenoxy) is 2. The molecule has 57 heavy (non-hydrogen) atoms. The van der Waals surface area contributed by atoms with Crippen molar-refractivity contribution in [1.82, 2.24) is 35.1 Å². The van der Waals surface area contributed by atoms with Gasteiger partial charge in [0.15, 0.2) is 5.65 Å². The summed E-state index contributed by atoms with van der Waals surface area (Å²) in [5, 5.41) is 16.5. The van der Waals surface area contributed by atoms with Crippen LogP contribution in [0.25, 0.3) is 5.65 Å². The molecule has 2 fully saturated rings. The molecule has 5 amide bonds. The zero-order valence-corrected chi connectivity index (χ0v) is 32.3. The second-order valence-corrected chi connectivity index (χ2v) is 15.0. The summed E-state index contributed by atoms with van der Waals surface area (Å²) in [5.41, 5.74) is 3.81. The first kappa shape index (κ1) is 39.3. The number of piperidine rings is 2. The van der Waals surface area contributed by atoms with Crippen molar-refractivity contribution in [2.75, 3.05) is 30.3 Å². The van der Waals surface area contributed by atoms with Gasteiger partial charge in [0.2, 0.25) is 23.7 Å². The van der Waals surface area contributed by atoms with Crippen LogP contribution in [0.5, 0.6) is 11.8 Å². The van der Waals surface area contributed by atoms with E-state index in [0.717, 1.165) is 85.4 Å². The highest BCUT2D eigenvalue weighted by molar-refractivity contribution is 6.24. The van der Waals surface area contributed by atoms with Gasteiger partial charge in [0, 0.05) is 37.2 Å². The predicted octanol–water partition coefficient (Wildman–Crippen LogP) is 4.75. The van der Waals surface area contributed by atoms with Gasteiger partial charge in [0.25, 0.3) is 11.8 Å². The van der Waals surface area contributed by atoms with E-state index in [-0.39, 0.29) is 41.9 Å². The lowest BCUT2D eigenvalue weighted by Crippen LogP contribution is -2.54. The molecule has 0 bridgehead atoms. The number of unbranched alkanes of at least 4 members (excludes halogenated alkanes) is 4. The number of hydrogen-bond donors (Lipinski definition) is 4. The Kier molecular flexibility index (Phi) is 12.4. The van der Waals surface area contributed by atoms with Crippen molar-refractivity contribution in [1.29, 1.82) is 0 Å². The molecule has 2 saturated heterocycles. The van der Waals surface area contributed by atoms with Crippen molar-refractivity contribution in [3.8, 4) is 11.8 Å². The Balaban J connectivity index is 0.815. The quantitative estimate of drug-likeness (QED) is 0.0849. The highest BCUT2D eigenvalue weighted by Crippen LogP contribution is 2.34. The fraction of sp³-hybridized carbons (Fsp3) is 0.463. The molecule has 0 saturated carbocycles. The third-order valence-electron chi connectivity index (χ3n) is 10.4. The Morgan fingerprint density at radius 2 is 1.77 bits per heavy atom. The van der Waals surface area contributed by atoms with Crippen molar-refractivity contribution in [3.63, 3.8) is 0 Å². The highest BCUT2D eigenvalue weighted by atomic mass is 16.5. The molecule has 1 unspecified atom stereocenters. The maximum Gasteiger partial charge on any atom is 0.322 e. The standard InChI is InChI=1S/C41H49N9O7/c1-25(2)30-24-44-50-36(30)47-41(57-28-10-9-20-42-23-28)48-40(50)43-22-26-14-16-27(17-15-26)45-33(51)13-6-4-3-5-7-21-56-32-12-8-11-29-35(32)39(55)49(38(29)54)31-18-19-34(52)46-37(31)53/h8,11-12,14-17,24-25,28,31,42H,3-7,9-10,13,18-23H2,1-2H3,(H,45,51)(H,43,47,48)(H,46,52,53)/t28-,31?/m0/s1. The van der Waals surface area contributed by atoms with Gasteiger partial charge in [0.1, 0.15) is 17.9 Å². The minimum atomic E-state index is -1.03. The van der Waals surface area contributed by atoms with Gasteiger partial charge in [-0.1, -0.05) is 51.3 Å². The van der Waals surface area contributed by atoms with Crippen molar-refractivity contribution >= 4 is 46.8 Å². The highest BCUT2D eigenvalue weighted by Gasteiger charge is 2.46.